The van der Waals surface area contributed by atoms with Crippen LogP contribution in [0.25, 0.3) is 0 Å². The average Bonchev–Trinajstić information content (AvgIpc) is 2.51. The van der Waals surface area contributed by atoms with Gasteiger partial charge in [-0.15, -0.1) is 0 Å². The second-order valence-electron chi connectivity index (χ2n) is 3.55. The smallest absolute Gasteiger partial charge is 0.342 e. The molecule has 1 aromatic rings. The Morgan fingerprint density at radius 2 is 2.43 bits per heavy atom. The van der Waals surface area contributed by atoms with Crippen LogP contribution in [0.15, 0.2) is 4.79 Å². The summed E-state index contributed by atoms with van der Waals surface area (Å²) in [4.78, 5) is 11.3. The molecule has 1 aliphatic rings. The highest BCUT2D eigenvalue weighted by Crippen LogP contribution is 2.14. The summed E-state index contributed by atoms with van der Waals surface area (Å²) in [6.45, 7) is 2.22. The van der Waals surface area contributed by atoms with Crippen molar-refractivity contribution in [2.75, 3.05) is 13.2 Å². The summed E-state index contributed by atoms with van der Waals surface area (Å²) in [6, 6.07) is 0. The molecule has 1 atom stereocenters. The van der Waals surface area contributed by atoms with Crippen LogP contribution >= 0.6 is 12.2 Å². The van der Waals surface area contributed by atoms with E-state index in [0.29, 0.717) is 17.2 Å². The molecule has 0 amide bonds. The van der Waals surface area contributed by atoms with Gasteiger partial charge >= 0.3 is 5.69 Å². The standard InChI is InChI=1S/C8H13N3O2S/c12-7-9-10-8(14)11(7)4-6-2-1-3-13-5-6/h6H,1-5H2,(H,9,12)(H,10,14). The molecule has 0 aromatic carbocycles. The predicted octanol–water partition coefficient (Wildman–Crippen LogP) is 0.661. The van der Waals surface area contributed by atoms with E-state index in [2.05, 4.69) is 10.2 Å². The van der Waals surface area contributed by atoms with E-state index in [4.69, 9.17) is 17.0 Å². The Morgan fingerprint density at radius 1 is 1.57 bits per heavy atom. The Balaban J connectivity index is 2.09. The normalized spacial score (nSPS) is 22.4. The van der Waals surface area contributed by atoms with Crippen molar-refractivity contribution < 1.29 is 4.74 Å². The zero-order valence-electron chi connectivity index (χ0n) is 7.78. The molecule has 2 N–H and O–H groups in total. The highest BCUT2D eigenvalue weighted by Gasteiger charge is 2.15. The highest BCUT2D eigenvalue weighted by molar-refractivity contribution is 7.71. The topological polar surface area (TPSA) is 62.8 Å². The molecule has 78 valence electrons. The molecule has 1 saturated heterocycles. The van der Waals surface area contributed by atoms with E-state index in [9.17, 15) is 4.79 Å². The van der Waals surface area contributed by atoms with Crippen LogP contribution in [-0.4, -0.2) is 28.0 Å². The number of rotatable bonds is 2. The minimum absolute atomic E-state index is 0.166. The fourth-order valence-corrected chi connectivity index (χ4v) is 1.92. The monoisotopic (exact) mass is 215 g/mol. The third-order valence-corrected chi connectivity index (χ3v) is 2.78. The molecule has 2 rings (SSSR count). The molecule has 6 heteroatoms. The van der Waals surface area contributed by atoms with Crippen molar-refractivity contribution >= 4 is 12.2 Å². The van der Waals surface area contributed by atoms with Crippen LogP contribution in [0.2, 0.25) is 0 Å². The van der Waals surface area contributed by atoms with Gasteiger partial charge in [0.1, 0.15) is 0 Å². The van der Waals surface area contributed by atoms with Gasteiger partial charge in [-0.25, -0.2) is 9.89 Å². The minimum atomic E-state index is -0.166. The van der Waals surface area contributed by atoms with Gasteiger partial charge in [0.05, 0.1) is 6.61 Å². The van der Waals surface area contributed by atoms with Crippen LogP contribution < -0.4 is 5.69 Å². The summed E-state index contributed by atoms with van der Waals surface area (Å²) in [6.07, 6.45) is 2.17. The van der Waals surface area contributed by atoms with Gasteiger partial charge in [-0.1, -0.05) is 0 Å². The zero-order valence-corrected chi connectivity index (χ0v) is 8.60. The first kappa shape index (κ1) is 9.67. The molecule has 5 nitrogen and oxygen atoms in total. The molecule has 2 heterocycles. The molecule has 1 aliphatic heterocycles. The number of aromatic amines is 2. The quantitative estimate of drug-likeness (QED) is 0.712. The second kappa shape index (κ2) is 4.10. The van der Waals surface area contributed by atoms with E-state index < -0.39 is 0 Å². The van der Waals surface area contributed by atoms with Crippen molar-refractivity contribution in [3.05, 3.63) is 15.3 Å². The number of H-pyrrole nitrogens is 2. The number of aromatic nitrogens is 3. The Hall–Kier alpha value is -0.880. The first-order valence-corrected chi connectivity index (χ1v) is 5.13. The summed E-state index contributed by atoms with van der Waals surface area (Å²) >= 11 is 4.98. The molecule has 14 heavy (non-hydrogen) atoms. The van der Waals surface area contributed by atoms with E-state index in [0.717, 1.165) is 26.1 Å². The highest BCUT2D eigenvalue weighted by atomic mass is 32.1. The number of nitrogens with zero attached hydrogens (tertiary/aromatic N) is 1. The van der Waals surface area contributed by atoms with Gasteiger partial charge in [0.15, 0.2) is 4.77 Å². The maximum absolute atomic E-state index is 11.3. The van der Waals surface area contributed by atoms with Gasteiger partial charge in [0.25, 0.3) is 0 Å². The maximum Gasteiger partial charge on any atom is 0.342 e. The number of hydrogen-bond donors (Lipinski definition) is 2. The van der Waals surface area contributed by atoms with E-state index in [-0.39, 0.29) is 5.69 Å². The molecule has 0 spiro atoms. The molecule has 0 bridgehead atoms. The van der Waals surface area contributed by atoms with Crippen molar-refractivity contribution in [2.45, 2.75) is 19.4 Å². The average molecular weight is 215 g/mol. The van der Waals surface area contributed by atoms with Crippen LogP contribution in [0.1, 0.15) is 12.8 Å². The zero-order chi connectivity index (χ0) is 9.97. The lowest BCUT2D eigenvalue weighted by molar-refractivity contribution is 0.0478. The number of ether oxygens (including phenoxy) is 1. The second-order valence-corrected chi connectivity index (χ2v) is 3.94. The Morgan fingerprint density at radius 3 is 3.00 bits per heavy atom. The van der Waals surface area contributed by atoms with Gasteiger partial charge in [0, 0.05) is 19.1 Å². The molecular weight excluding hydrogens is 202 g/mol. The lowest BCUT2D eigenvalue weighted by Crippen LogP contribution is -2.27. The first-order chi connectivity index (χ1) is 6.77. The van der Waals surface area contributed by atoms with Crippen LogP contribution in [0.5, 0.6) is 0 Å². The molecular formula is C8H13N3O2S. The third kappa shape index (κ3) is 1.96. The van der Waals surface area contributed by atoms with E-state index in [1.54, 1.807) is 4.57 Å². The van der Waals surface area contributed by atoms with Gasteiger partial charge in [-0.3, -0.25) is 9.67 Å². The largest absolute Gasteiger partial charge is 0.381 e. The van der Waals surface area contributed by atoms with Crippen LogP contribution in [0.4, 0.5) is 0 Å². The van der Waals surface area contributed by atoms with Gasteiger partial charge < -0.3 is 4.74 Å². The van der Waals surface area contributed by atoms with Gasteiger partial charge in [-0.2, -0.15) is 0 Å². The summed E-state index contributed by atoms with van der Waals surface area (Å²) in [5.41, 5.74) is -0.166. The number of nitrogens with one attached hydrogen (secondary N) is 2. The molecule has 1 fully saturated rings. The SMILES string of the molecule is O=c1[nH][nH]c(=S)n1CC1CCCOC1. The predicted molar refractivity (Wildman–Crippen MR) is 53.8 cm³/mol. The fraction of sp³-hybridized carbons (Fsp3) is 0.750. The third-order valence-electron chi connectivity index (χ3n) is 2.46. The van der Waals surface area contributed by atoms with Gasteiger partial charge in [0.2, 0.25) is 0 Å². The lowest BCUT2D eigenvalue weighted by Gasteiger charge is -2.21. The Bertz CT molecular complexity index is 372. The van der Waals surface area contributed by atoms with Crippen LogP contribution in [-0.2, 0) is 11.3 Å². The van der Waals surface area contributed by atoms with Gasteiger partial charge in [-0.05, 0) is 25.1 Å². The molecule has 0 radical (unpaired) electrons. The maximum atomic E-state index is 11.3. The van der Waals surface area contributed by atoms with Crippen molar-refractivity contribution in [3.63, 3.8) is 0 Å². The van der Waals surface area contributed by atoms with Crippen molar-refractivity contribution in [2.24, 2.45) is 5.92 Å². The molecule has 0 aliphatic carbocycles. The molecule has 1 unspecified atom stereocenters. The van der Waals surface area contributed by atoms with Crippen LogP contribution in [0, 0.1) is 10.7 Å². The van der Waals surface area contributed by atoms with E-state index in [1.807, 2.05) is 0 Å². The van der Waals surface area contributed by atoms with Crippen molar-refractivity contribution in [1.29, 1.82) is 0 Å². The summed E-state index contributed by atoms with van der Waals surface area (Å²) in [7, 11) is 0. The fourth-order valence-electron chi connectivity index (χ4n) is 1.71. The van der Waals surface area contributed by atoms with Crippen molar-refractivity contribution in [1.82, 2.24) is 14.8 Å². The summed E-state index contributed by atoms with van der Waals surface area (Å²) < 4.78 is 7.35. The lowest BCUT2D eigenvalue weighted by atomic mass is 10.0. The Kier molecular flexibility index (Phi) is 2.83. The summed E-state index contributed by atoms with van der Waals surface area (Å²) in [5, 5.41) is 5.09. The number of hydrogen-bond acceptors (Lipinski definition) is 3. The summed E-state index contributed by atoms with van der Waals surface area (Å²) in [5.74, 6) is 0.410. The Labute approximate surface area is 86.1 Å². The van der Waals surface area contributed by atoms with Crippen molar-refractivity contribution in [3.8, 4) is 0 Å². The molecule has 1 aromatic heterocycles. The van der Waals surface area contributed by atoms with Crippen LogP contribution in [0.3, 0.4) is 0 Å². The van der Waals surface area contributed by atoms with E-state index in [1.165, 1.54) is 0 Å². The minimum Gasteiger partial charge on any atom is -0.381 e. The first-order valence-electron chi connectivity index (χ1n) is 4.72. The molecule has 0 saturated carbocycles. The van der Waals surface area contributed by atoms with E-state index >= 15 is 0 Å².